The second-order valence-electron chi connectivity index (χ2n) is 3.53. The molecule has 0 aromatic heterocycles. The van der Waals surface area contributed by atoms with Crippen molar-refractivity contribution in [2.45, 2.75) is 52.5 Å². The second-order valence-corrected chi connectivity index (χ2v) is 3.53. The molecule has 1 amide bonds. The van der Waals surface area contributed by atoms with Crippen LogP contribution in [-0.4, -0.2) is 24.7 Å². The van der Waals surface area contributed by atoms with Crippen LogP contribution in [0.3, 0.4) is 0 Å². The Balaban J connectivity index is 4.08. The molecule has 0 radical (unpaired) electrons. The van der Waals surface area contributed by atoms with Crippen LogP contribution in [-0.2, 0) is 9.53 Å². The molecule has 0 unspecified atom stereocenters. The first-order chi connectivity index (χ1) is 6.64. The van der Waals surface area contributed by atoms with Gasteiger partial charge in [0.15, 0.2) is 0 Å². The summed E-state index contributed by atoms with van der Waals surface area (Å²) in [5, 5.41) is 3.05. The maximum absolute atomic E-state index is 11.5. The number of carbonyl (C=O) groups excluding carboxylic acids is 1. The van der Waals surface area contributed by atoms with Crippen LogP contribution in [0.25, 0.3) is 0 Å². The van der Waals surface area contributed by atoms with Crippen LogP contribution in [0.4, 0.5) is 0 Å². The maximum atomic E-state index is 11.5. The largest absolute Gasteiger partial charge is 0.372 e. The number of amides is 1. The molecule has 0 aliphatic rings. The van der Waals surface area contributed by atoms with Crippen LogP contribution in [0.1, 0.15) is 47.0 Å². The minimum Gasteiger partial charge on any atom is -0.372 e. The predicted molar refractivity (Wildman–Crippen MR) is 58.2 cm³/mol. The summed E-state index contributed by atoms with van der Waals surface area (Å²) >= 11 is 0. The van der Waals surface area contributed by atoms with Crippen molar-refractivity contribution in [3.63, 3.8) is 0 Å². The highest BCUT2D eigenvalue weighted by molar-refractivity contribution is 5.78. The zero-order valence-corrected chi connectivity index (χ0v) is 9.85. The molecule has 0 saturated heterocycles. The van der Waals surface area contributed by atoms with Gasteiger partial charge in [0.1, 0.15) is 6.61 Å². The van der Waals surface area contributed by atoms with Crippen LogP contribution in [0.2, 0.25) is 0 Å². The normalized spacial score (nSPS) is 11.4. The van der Waals surface area contributed by atoms with Gasteiger partial charge < -0.3 is 10.1 Å². The van der Waals surface area contributed by atoms with E-state index in [1.54, 1.807) is 0 Å². The van der Waals surface area contributed by atoms with Gasteiger partial charge in [-0.3, -0.25) is 4.79 Å². The molecule has 0 spiro atoms. The lowest BCUT2D eigenvalue weighted by Gasteiger charge is -2.31. The van der Waals surface area contributed by atoms with E-state index in [1.807, 2.05) is 6.92 Å². The van der Waals surface area contributed by atoms with Gasteiger partial charge in [0.25, 0.3) is 0 Å². The monoisotopic (exact) mass is 201 g/mol. The summed E-state index contributed by atoms with van der Waals surface area (Å²) in [6.45, 7) is 8.97. The standard InChI is InChI=1S/C11H23NO2/c1-5-11(6-2,7-3)12-10(13)9-14-8-4/h5-9H2,1-4H3,(H,12,13). The summed E-state index contributed by atoms with van der Waals surface area (Å²) in [6.07, 6.45) is 2.91. The van der Waals surface area contributed by atoms with Crippen molar-refractivity contribution in [2.24, 2.45) is 0 Å². The number of hydrogen-bond donors (Lipinski definition) is 1. The third-order valence-corrected chi connectivity index (χ3v) is 2.87. The Kier molecular flexibility index (Phi) is 6.54. The maximum Gasteiger partial charge on any atom is 0.246 e. The smallest absolute Gasteiger partial charge is 0.246 e. The zero-order chi connectivity index (χ0) is 11.0. The van der Waals surface area contributed by atoms with Crippen molar-refractivity contribution in [1.82, 2.24) is 5.32 Å². The SMILES string of the molecule is CCOCC(=O)NC(CC)(CC)CC. The fourth-order valence-corrected chi connectivity index (χ4v) is 1.54. The molecule has 1 N–H and O–H groups in total. The van der Waals surface area contributed by atoms with Crippen LogP contribution in [0, 0.1) is 0 Å². The van der Waals surface area contributed by atoms with Gasteiger partial charge in [-0.25, -0.2) is 0 Å². The van der Waals surface area contributed by atoms with E-state index in [4.69, 9.17) is 4.74 Å². The van der Waals surface area contributed by atoms with Crippen LogP contribution in [0.15, 0.2) is 0 Å². The molecule has 0 fully saturated rings. The van der Waals surface area contributed by atoms with E-state index in [0.717, 1.165) is 19.3 Å². The van der Waals surface area contributed by atoms with Crippen molar-refractivity contribution in [2.75, 3.05) is 13.2 Å². The van der Waals surface area contributed by atoms with Crippen LogP contribution < -0.4 is 5.32 Å². The lowest BCUT2D eigenvalue weighted by Crippen LogP contribution is -2.48. The molecule has 0 aliphatic carbocycles. The van der Waals surface area contributed by atoms with Crippen molar-refractivity contribution in [3.8, 4) is 0 Å². The Bertz CT molecular complexity index is 156. The topological polar surface area (TPSA) is 38.3 Å². The molecule has 3 heteroatoms. The van der Waals surface area contributed by atoms with Gasteiger partial charge in [-0.15, -0.1) is 0 Å². The second kappa shape index (κ2) is 6.82. The lowest BCUT2D eigenvalue weighted by molar-refractivity contribution is -0.127. The van der Waals surface area contributed by atoms with E-state index in [2.05, 4.69) is 26.1 Å². The first-order valence-electron chi connectivity index (χ1n) is 5.52. The first-order valence-corrected chi connectivity index (χ1v) is 5.52. The number of rotatable bonds is 7. The summed E-state index contributed by atoms with van der Waals surface area (Å²) in [5.74, 6) is -0.00241. The molecule has 0 heterocycles. The molecule has 0 aromatic carbocycles. The number of ether oxygens (including phenoxy) is 1. The van der Waals surface area contributed by atoms with E-state index in [9.17, 15) is 4.79 Å². The van der Waals surface area contributed by atoms with E-state index >= 15 is 0 Å². The summed E-state index contributed by atoms with van der Waals surface area (Å²) < 4.78 is 5.06. The molecule has 0 atom stereocenters. The molecule has 0 aromatic rings. The molecule has 0 bridgehead atoms. The minimum absolute atomic E-state index is 0.00241. The molecule has 14 heavy (non-hydrogen) atoms. The Hall–Kier alpha value is -0.570. The first kappa shape index (κ1) is 13.4. The summed E-state index contributed by atoms with van der Waals surface area (Å²) in [4.78, 5) is 11.5. The molecular formula is C11H23NO2. The summed E-state index contributed by atoms with van der Waals surface area (Å²) in [6, 6.07) is 0. The molecule has 0 aliphatic heterocycles. The third kappa shape index (κ3) is 4.09. The van der Waals surface area contributed by atoms with Crippen LogP contribution >= 0.6 is 0 Å². The zero-order valence-electron chi connectivity index (χ0n) is 9.85. The van der Waals surface area contributed by atoms with Gasteiger partial charge in [0.05, 0.1) is 0 Å². The Morgan fingerprint density at radius 2 is 1.64 bits per heavy atom. The van der Waals surface area contributed by atoms with Gasteiger partial charge in [0, 0.05) is 12.1 Å². The number of nitrogens with one attached hydrogen (secondary N) is 1. The highest BCUT2D eigenvalue weighted by atomic mass is 16.5. The minimum atomic E-state index is -0.0335. The fourth-order valence-electron chi connectivity index (χ4n) is 1.54. The van der Waals surface area contributed by atoms with Gasteiger partial charge in [-0.2, -0.15) is 0 Å². The average Bonchev–Trinajstić information content (AvgIpc) is 2.23. The average molecular weight is 201 g/mol. The van der Waals surface area contributed by atoms with E-state index in [1.165, 1.54) is 0 Å². The predicted octanol–water partition coefficient (Wildman–Crippen LogP) is 2.11. The van der Waals surface area contributed by atoms with Crippen molar-refractivity contribution in [3.05, 3.63) is 0 Å². The third-order valence-electron chi connectivity index (χ3n) is 2.87. The van der Waals surface area contributed by atoms with Crippen molar-refractivity contribution >= 4 is 5.91 Å². The molecule has 0 saturated carbocycles. The van der Waals surface area contributed by atoms with Gasteiger partial charge >= 0.3 is 0 Å². The highest BCUT2D eigenvalue weighted by Gasteiger charge is 2.25. The molecule has 0 rings (SSSR count). The van der Waals surface area contributed by atoms with Gasteiger partial charge in [-0.1, -0.05) is 20.8 Å². The Morgan fingerprint density at radius 1 is 1.14 bits per heavy atom. The summed E-state index contributed by atoms with van der Waals surface area (Å²) in [7, 11) is 0. The van der Waals surface area contributed by atoms with Gasteiger partial charge in [-0.05, 0) is 26.2 Å². The van der Waals surface area contributed by atoms with Gasteiger partial charge in [0.2, 0.25) is 5.91 Å². The Morgan fingerprint density at radius 3 is 2.00 bits per heavy atom. The molecule has 3 nitrogen and oxygen atoms in total. The Labute approximate surface area is 87.2 Å². The van der Waals surface area contributed by atoms with E-state index < -0.39 is 0 Å². The van der Waals surface area contributed by atoms with Crippen molar-refractivity contribution in [1.29, 1.82) is 0 Å². The quantitative estimate of drug-likeness (QED) is 0.685. The van der Waals surface area contributed by atoms with Crippen molar-refractivity contribution < 1.29 is 9.53 Å². The van der Waals surface area contributed by atoms with Crippen LogP contribution in [0.5, 0.6) is 0 Å². The van der Waals surface area contributed by atoms with E-state index in [0.29, 0.717) is 6.61 Å². The van der Waals surface area contributed by atoms with E-state index in [-0.39, 0.29) is 18.1 Å². The molecule has 84 valence electrons. The number of carbonyl (C=O) groups is 1. The lowest BCUT2D eigenvalue weighted by atomic mass is 9.90. The number of hydrogen-bond acceptors (Lipinski definition) is 2. The highest BCUT2D eigenvalue weighted by Crippen LogP contribution is 2.18. The molecular weight excluding hydrogens is 178 g/mol. The fraction of sp³-hybridized carbons (Fsp3) is 0.909. The summed E-state index contributed by atoms with van der Waals surface area (Å²) in [5.41, 5.74) is -0.0335.